The van der Waals surface area contributed by atoms with E-state index in [1.807, 2.05) is 0 Å². The SMILES string of the molecule is CC(O)C(O)C(O)C(O)C(O)C(C)O. The summed E-state index contributed by atoms with van der Waals surface area (Å²) in [6.07, 6.45) is -9.03. The Kier molecular flexibility index (Phi) is 5.50. The van der Waals surface area contributed by atoms with Crippen molar-refractivity contribution in [3.8, 4) is 0 Å². The van der Waals surface area contributed by atoms with Gasteiger partial charge in [0.25, 0.3) is 0 Å². The van der Waals surface area contributed by atoms with Gasteiger partial charge in [0.15, 0.2) is 0 Å². The molecular weight excluding hydrogens is 192 g/mol. The lowest BCUT2D eigenvalue weighted by Gasteiger charge is -2.28. The maximum Gasteiger partial charge on any atom is 0.111 e. The molecule has 0 aromatic carbocycles. The molecule has 0 bridgehead atoms. The fourth-order valence-corrected chi connectivity index (χ4v) is 0.975. The van der Waals surface area contributed by atoms with E-state index < -0.39 is 36.6 Å². The van der Waals surface area contributed by atoms with Gasteiger partial charge in [-0.05, 0) is 13.8 Å². The van der Waals surface area contributed by atoms with Crippen molar-refractivity contribution in [1.29, 1.82) is 0 Å². The minimum absolute atomic E-state index is 1.23. The van der Waals surface area contributed by atoms with E-state index in [0.29, 0.717) is 0 Å². The van der Waals surface area contributed by atoms with E-state index in [-0.39, 0.29) is 0 Å². The average Bonchev–Trinajstić information content (AvgIpc) is 2.12. The zero-order valence-electron chi connectivity index (χ0n) is 8.15. The molecule has 14 heavy (non-hydrogen) atoms. The minimum atomic E-state index is -1.71. The van der Waals surface area contributed by atoms with Gasteiger partial charge in [0, 0.05) is 0 Å². The van der Waals surface area contributed by atoms with Gasteiger partial charge in [-0.1, -0.05) is 0 Å². The normalized spacial score (nSPS) is 24.9. The molecule has 6 heteroatoms. The van der Waals surface area contributed by atoms with Gasteiger partial charge in [0.2, 0.25) is 0 Å². The van der Waals surface area contributed by atoms with Gasteiger partial charge in [0.05, 0.1) is 12.2 Å². The summed E-state index contributed by atoms with van der Waals surface area (Å²) in [6.45, 7) is 2.46. The summed E-state index contributed by atoms with van der Waals surface area (Å²) in [5.41, 5.74) is 0. The van der Waals surface area contributed by atoms with Gasteiger partial charge in [-0.3, -0.25) is 0 Å². The summed E-state index contributed by atoms with van der Waals surface area (Å²) >= 11 is 0. The summed E-state index contributed by atoms with van der Waals surface area (Å²) in [7, 11) is 0. The Balaban J connectivity index is 4.30. The van der Waals surface area contributed by atoms with Crippen molar-refractivity contribution in [2.45, 2.75) is 50.5 Å². The highest BCUT2D eigenvalue weighted by Crippen LogP contribution is 2.10. The van der Waals surface area contributed by atoms with Gasteiger partial charge < -0.3 is 30.6 Å². The lowest BCUT2D eigenvalue weighted by atomic mass is 9.97. The second-order valence-electron chi connectivity index (χ2n) is 3.44. The van der Waals surface area contributed by atoms with Crippen molar-refractivity contribution in [1.82, 2.24) is 0 Å². The molecule has 6 unspecified atom stereocenters. The summed E-state index contributed by atoms with van der Waals surface area (Å²) in [5.74, 6) is 0. The Hall–Kier alpha value is -0.240. The third-order valence-corrected chi connectivity index (χ3v) is 2.04. The lowest BCUT2D eigenvalue weighted by Crippen LogP contribution is -2.51. The molecule has 0 fully saturated rings. The van der Waals surface area contributed by atoms with Gasteiger partial charge in [-0.15, -0.1) is 0 Å². The van der Waals surface area contributed by atoms with Crippen LogP contribution in [0.2, 0.25) is 0 Å². The molecule has 0 radical (unpaired) electrons. The van der Waals surface area contributed by atoms with E-state index in [2.05, 4.69) is 0 Å². The number of aliphatic hydroxyl groups excluding tert-OH is 6. The van der Waals surface area contributed by atoms with Crippen molar-refractivity contribution in [2.75, 3.05) is 0 Å². The van der Waals surface area contributed by atoms with Crippen molar-refractivity contribution >= 4 is 0 Å². The van der Waals surface area contributed by atoms with Crippen LogP contribution in [0.1, 0.15) is 13.8 Å². The van der Waals surface area contributed by atoms with Gasteiger partial charge in [-0.25, -0.2) is 0 Å². The molecule has 0 aromatic rings. The van der Waals surface area contributed by atoms with Crippen LogP contribution in [-0.4, -0.2) is 67.3 Å². The average molecular weight is 210 g/mol. The summed E-state index contributed by atoms with van der Waals surface area (Å²) in [6, 6.07) is 0. The second-order valence-corrected chi connectivity index (χ2v) is 3.44. The van der Waals surface area contributed by atoms with Crippen LogP contribution in [-0.2, 0) is 0 Å². The van der Waals surface area contributed by atoms with Crippen molar-refractivity contribution < 1.29 is 30.6 Å². The zero-order valence-corrected chi connectivity index (χ0v) is 8.15. The number of hydrogen-bond acceptors (Lipinski definition) is 6. The zero-order chi connectivity index (χ0) is 11.5. The molecule has 6 nitrogen and oxygen atoms in total. The van der Waals surface area contributed by atoms with Crippen molar-refractivity contribution in [2.24, 2.45) is 0 Å². The molecule has 0 rings (SSSR count). The first-order chi connectivity index (χ1) is 6.29. The smallest absolute Gasteiger partial charge is 0.111 e. The topological polar surface area (TPSA) is 121 Å². The molecule has 0 heterocycles. The van der Waals surface area contributed by atoms with Crippen LogP contribution >= 0.6 is 0 Å². The Labute approximate surface area is 82.1 Å². The van der Waals surface area contributed by atoms with Gasteiger partial charge in [0.1, 0.15) is 24.4 Å². The second kappa shape index (κ2) is 5.59. The van der Waals surface area contributed by atoms with Crippen LogP contribution < -0.4 is 0 Å². The molecular formula is C8H18O6. The molecule has 0 aromatic heterocycles. The number of aliphatic hydroxyl groups is 6. The fraction of sp³-hybridized carbons (Fsp3) is 1.00. The highest BCUT2D eigenvalue weighted by Gasteiger charge is 2.34. The number of hydrogen-bond donors (Lipinski definition) is 6. The van der Waals surface area contributed by atoms with Gasteiger partial charge >= 0.3 is 0 Å². The van der Waals surface area contributed by atoms with Crippen LogP contribution in [0.5, 0.6) is 0 Å². The Morgan fingerprint density at radius 3 is 0.857 bits per heavy atom. The van der Waals surface area contributed by atoms with Crippen LogP contribution in [0.4, 0.5) is 0 Å². The molecule has 6 N–H and O–H groups in total. The quantitative estimate of drug-likeness (QED) is 0.291. The molecule has 0 spiro atoms. The first kappa shape index (κ1) is 13.8. The van der Waals surface area contributed by atoms with Crippen molar-refractivity contribution in [3.05, 3.63) is 0 Å². The van der Waals surface area contributed by atoms with E-state index >= 15 is 0 Å². The largest absolute Gasteiger partial charge is 0.391 e. The van der Waals surface area contributed by atoms with Crippen molar-refractivity contribution in [3.63, 3.8) is 0 Å². The minimum Gasteiger partial charge on any atom is -0.391 e. The van der Waals surface area contributed by atoms with E-state index in [0.717, 1.165) is 0 Å². The predicted molar refractivity (Wildman–Crippen MR) is 47.4 cm³/mol. The molecule has 0 saturated carbocycles. The summed E-state index contributed by atoms with van der Waals surface area (Å²) in [4.78, 5) is 0. The Morgan fingerprint density at radius 2 is 0.714 bits per heavy atom. The maximum absolute atomic E-state index is 9.24. The summed E-state index contributed by atoms with van der Waals surface area (Å²) in [5, 5.41) is 54.6. The molecule has 0 amide bonds. The number of rotatable bonds is 5. The van der Waals surface area contributed by atoms with E-state index in [1.54, 1.807) is 0 Å². The first-order valence-electron chi connectivity index (χ1n) is 4.37. The lowest BCUT2D eigenvalue weighted by molar-refractivity contribution is -0.148. The predicted octanol–water partition coefficient (Wildman–Crippen LogP) is -2.81. The maximum atomic E-state index is 9.24. The van der Waals surface area contributed by atoms with Gasteiger partial charge in [-0.2, -0.15) is 0 Å². The van der Waals surface area contributed by atoms with Crippen LogP contribution in [0.15, 0.2) is 0 Å². The summed E-state index contributed by atoms with van der Waals surface area (Å²) < 4.78 is 0. The molecule has 0 aliphatic carbocycles. The first-order valence-corrected chi connectivity index (χ1v) is 4.37. The van der Waals surface area contributed by atoms with Crippen LogP contribution in [0, 0.1) is 0 Å². The Bertz CT molecular complexity index is 142. The van der Waals surface area contributed by atoms with E-state index in [9.17, 15) is 10.2 Å². The molecule has 0 aliphatic rings. The highest BCUT2D eigenvalue weighted by molar-refractivity contribution is 4.85. The van der Waals surface area contributed by atoms with Crippen LogP contribution in [0.25, 0.3) is 0 Å². The van der Waals surface area contributed by atoms with E-state index in [4.69, 9.17) is 20.4 Å². The third-order valence-electron chi connectivity index (χ3n) is 2.04. The standard InChI is InChI=1S/C8H18O6/c1-3(9)5(11)7(13)8(14)6(12)4(2)10/h3-14H,1-2H3. The molecule has 6 atom stereocenters. The highest BCUT2D eigenvalue weighted by atomic mass is 16.4. The molecule has 86 valence electrons. The third kappa shape index (κ3) is 3.49. The molecule has 0 aliphatic heterocycles. The Morgan fingerprint density at radius 1 is 0.500 bits per heavy atom. The monoisotopic (exact) mass is 210 g/mol. The van der Waals surface area contributed by atoms with E-state index in [1.165, 1.54) is 13.8 Å². The van der Waals surface area contributed by atoms with Crippen LogP contribution in [0.3, 0.4) is 0 Å². The molecule has 0 saturated heterocycles. The fourth-order valence-electron chi connectivity index (χ4n) is 0.975.